The fourth-order valence-electron chi connectivity index (χ4n) is 3.62. The van der Waals surface area contributed by atoms with Crippen molar-refractivity contribution in [3.63, 3.8) is 0 Å². The van der Waals surface area contributed by atoms with E-state index in [-0.39, 0.29) is 11.8 Å². The van der Waals surface area contributed by atoms with Gasteiger partial charge in [-0.05, 0) is 36.8 Å². The van der Waals surface area contributed by atoms with E-state index in [0.717, 1.165) is 18.5 Å². The summed E-state index contributed by atoms with van der Waals surface area (Å²) in [5.41, 5.74) is 2.49. The second-order valence-corrected chi connectivity index (χ2v) is 7.52. The number of esters is 1. The summed E-state index contributed by atoms with van der Waals surface area (Å²) in [5.74, 6) is -0.508. The van der Waals surface area contributed by atoms with E-state index in [9.17, 15) is 14.4 Å². The molecule has 1 N–H and O–H groups in total. The zero-order valence-electron chi connectivity index (χ0n) is 18.1. The molecule has 2 amide bonds. The molecule has 0 saturated carbocycles. The predicted octanol–water partition coefficient (Wildman–Crippen LogP) is 3.56. The van der Waals surface area contributed by atoms with E-state index in [0.29, 0.717) is 49.4 Å². The normalized spacial score (nSPS) is 13.6. The number of ether oxygens (including phenoxy) is 1. The van der Waals surface area contributed by atoms with Crippen molar-refractivity contribution in [3.8, 4) is 0 Å². The number of unbranched alkanes of at least 4 members (excludes halogenated alkanes) is 1. The molecule has 7 heteroatoms. The summed E-state index contributed by atoms with van der Waals surface area (Å²) in [4.78, 5) is 41.0. The van der Waals surface area contributed by atoms with Gasteiger partial charge in [0.25, 0.3) is 5.91 Å². The number of anilines is 2. The molecule has 7 nitrogen and oxygen atoms in total. The summed E-state index contributed by atoms with van der Waals surface area (Å²) in [6.45, 7) is 4.46. The van der Waals surface area contributed by atoms with Crippen LogP contribution in [0, 0.1) is 0 Å². The average molecular weight is 424 g/mol. The molecule has 1 heterocycles. The molecular formula is C24H29N3O4. The Bertz CT molecular complexity index is 922. The Labute approximate surface area is 183 Å². The van der Waals surface area contributed by atoms with Crippen LogP contribution >= 0.6 is 0 Å². The molecule has 0 unspecified atom stereocenters. The van der Waals surface area contributed by atoms with E-state index in [1.54, 1.807) is 12.1 Å². The molecule has 1 saturated heterocycles. The first-order chi connectivity index (χ1) is 15.0. The molecule has 0 atom stereocenters. The molecule has 1 aliphatic heterocycles. The number of amides is 2. The Kier molecular flexibility index (Phi) is 7.65. The Hall–Kier alpha value is -3.35. The van der Waals surface area contributed by atoms with Gasteiger partial charge in [-0.2, -0.15) is 0 Å². The van der Waals surface area contributed by atoms with Gasteiger partial charge in [-0.25, -0.2) is 4.79 Å². The number of nitrogens with zero attached hydrogens (tertiary/aromatic N) is 2. The molecule has 1 fully saturated rings. The number of hydrogen-bond donors (Lipinski definition) is 1. The number of benzene rings is 2. The largest absolute Gasteiger partial charge is 0.465 e. The van der Waals surface area contributed by atoms with Crippen molar-refractivity contribution < 1.29 is 19.1 Å². The van der Waals surface area contributed by atoms with Gasteiger partial charge in [0.15, 0.2) is 0 Å². The third-order valence-electron chi connectivity index (χ3n) is 5.38. The summed E-state index contributed by atoms with van der Waals surface area (Å²) < 4.78 is 4.82. The van der Waals surface area contributed by atoms with E-state index in [2.05, 4.69) is 10.2 Å². The van der Waals surface area contributed by atoms with Gasteiger partial charge in [-0.3, -0.25) is 9.59 Å². The highest BCUT2D eigenvalue weighted by Gasteiger charge is 2.24. The van der Waals surface area contributed by atoms with E-state index >= 15 is 0 Å². The van der Waals surface area contributed by atoms with Crippen molar-refractivity contribution in [3.05, 3.63) is 59.7 Å². The minimum absolute atomic E-state index is 0.0226. The van der Waals surface area contributed by atoms with E-state index in [1.807, 2.05) is 48.2 Å². The fraction of sp³-hybridized carbons (Fsp3) is 0.375. The first kappa shape index (κ1) is 22.3. The monoisotopic (exact) mass is 423 g/mol. The summed E-state index contributed by atoms with van der Waals surface area (Å²) in [6.07, 6.45) is 2.16. The maximum atomic E-state index is 12.7. The number of rotatable bonds is 7. The SMILES string of the molecule is CCCCC(=O)Nc1cc(C(=O)OC)ccc1N1CCN(C(=O)c2ccccc2)CC1. The smallest absolute Gasteiger partial charge is 0.337 e. The lowest BCUT2D eigenvalue weighted by Crippen LogP contribution is -2.49. The molecule has 2 aromatic rings. The van der Waals surface area contributed by atoms with Gasteiger partial charge in [-0.15, -0.1) is 0 Å². The predicted molar refractivity (Wildman–Crippen MR) is 120 cm³/mol. The topological polar surface area (TPSA) is 79.0 Å². The number of nitrogens with one attached hydrogen (secondary N) is 1. The van der Waals surface area contributed by atoms with Gasteiger partial charge in [0, 0.05) is 38.2 Å². The molecule has 2 aromatic carbocycles. The molecule has 0 radical (unpaired) electrons. The highest BCUT2D eigenvalue weighted by Crippen LogP contribution is 2.29. The molecule has 0 spiro atoms. The van der Waals surface area contributed by atoms with E-state index in [4.69, 9.17) is 4.74 Å². The van der Waals surface area contributed by atoms with Crippen molar-refractivity contribution in [1.29, 1.82) is 0 Å². The lowest BCUT2D eigenvalue weighted by molar-refractivity contribution is -0.116. The Balaban J connectivity index is 1.74. The van der Waals surface area contributed by atoms with Crippen LogP contribution in [-0.2, 0) is 9.53 Å². The molecule has 1 aliphatic rings. The Morgan fingerprint density at radius 2 is 1.68 bits per heavy atom. The molecule has 31 heavy (non-hydrogen) atoms. The first-order valence-corrected chi connectivity index (χ1v) is 10.6. The van der Waals surface area contributed by atoms with Crippen molar-refractivity contribution >= 4 is 29.2 Å². The quantitative estimate of drug-likeness (QED) is 0.689. The number of carbonyl (C=O) groups excluding carboxylic acids is 3. The molecule has 3 rings (SSSR count). The van der Waals surface area contributed by atoms with Crippen molar-refractivity contribution in [1.82, 2.24) is 4.90 Å². The van der Waals surface area contributed by atoms with E-state index in [1.165, 1.54) is 7.11 Å². The fourth-order valence-corrected chi connectivity index (χ4v) is 3.62. The number of methoxy groups -OCH3 is 1. The molecule has 164 valence electrons. The second-order valence-electron chi connectivity index (χ2n) is 7.52. The number of hydrogen-bond acceptors (Lipinski definition) is 5. The van der Waals surface area contributed by atoms with Gasteiger partial charge in [0.05, 0.1) is 24.0 Å². The highest BCUT2D eigenvalue weighted by atomic mass is 16.5. The van der Waals surface area contributed by atoms with Crippen molar-refractivity contribution in [2.24, 2.45) is 0 Å². The Morgan fingerprint density at radius 3 is 2.32 bits per heavy atom. The second kappa shape index (κ2) is 10.6. The Morgan fingerprint density at radius 1 is 0.968 bits per heavy atom. The molecule has 0 aliphatic carbocycles. The standard InChI is InChI=1S/C24H29N3O4/c1-3-4-10-22(28)25-20-17-19(24(30)31-2)11-12-21(20)26-13-15-27(16-14-26)23(29)18-8-6-5-7-9-18/h5-9,11-12,17H,3-4,10,13-16H2,1-2H3,(H,25,28). The van der Waals surface area contributed by atoms with Crippen LogP contribution in [0.3, 0.4) is 0 Å². The van der Waals surface area contributed by atoms with Crippen LogP contribution in [0.2, 0.25) is 0 Å². The van der Waals surface area contributed by atoms with Crippen LogP contribution < -0.4 is 10.2 Å². The van der Waals surface area contributed by atoms with Gasteiger partial charge >= 0.3 is 5.97 Å². The third kappa shape index (κ3) is 5.63. The molecular weight excluding hydrogens is 394 g/mol. The van der Waals surface area contributed by atoms with Crippen molar-refractivity contribution in [2.75, 3.05) is 43.5 Å². The van der Waals surface area contributed by atoms with Gasteiger partial charge in [0.2, 0.25) is 5.91 Å². The number of piperazine rings is 1. The van der Waals surface area contributed by atoms with Crippen LogP contribution in [0.4, 0.5) is 11.4 Å². The van der Waals surface area contributed by atoms with Crippen LogP contribution in [0.25, 0.3) is 0 Å². The minimum atomic E-state index is -0.450. The van der Waals surface area contributed by atoms with Gasteiger partial charge < -0.3 is 19.9 Å². The number of carbonyl (C=O) groups is 3. The van der Waals surface area contributed by atoms with Gasteiger partial charge in [-0.1, -0.05) is 31.5 Å². The molecule has 0 aromatic heterocycles. The summed E-state index contributed by atoms with van der Waals surface area (Å²) in [5, 5.41) is 2.95. The summed E-state index contributed by atoms with van der Waals surface area (Å²) in [6, 6.07) is 14.4. The zero-order valence-corrected chi connectivity index (χ0v) is 18.1. The first-order valence-electron chi connectivity index (χ1n) is 10.6. The average Bonchev–Trinajstić information content (AvgIpc) is 2.82. The van der Waals surface area contributed by atoms with Crippen LogP contribution in [0.5, 0.6) is 0 Å². The van der Waals surface area contributed by atoms with Crippen molar-refractivity contribution in [2.45, 2.75) is 26.2 Å². The lowest BCUT2D eigenvalue weighted by atomic mass is 10.1. The summed E-state index contributed by atoms with van der Waals surface area (Å²) in [7, 11) is 1.33. The van der Waals surface area contributed by atoms with Crippen LogP contribution in [0.15, 0.2) is 48.5 Å². The zero-order chi connectivity index (χ0) is 22.2. The van der Waals surface area contributed by atoms with Crippen LogP contribution in [-0.4, -0.2) is 56.0 Å². The maximum absolute atomic E-state index is 12.7. The lowest BCUT2D eigenvalue weighted by Gasteiger charge is -2.37. The highest BCUT2D eigenvalue weighted by molar-refractivity contribution is 5.98. The molecule has 0 bridgehead atoms. The maximum Gasteiger partial charge on any atom is 0.337 e. The third-order valence-corrected chi connectivity index (χ3v) is 5.38. The van der Waals surface area contributed by atoms with Crippen LogP contribution in [0.1, 0.15) is 46.9 Å². The van der Waals surface area contributed by atoms with E-state index < -0.39 is 5.97 Å². The minimum Gasteiger partial charge on any atom is -0.465 e. The van der Waals surface area contributed by atoms with Gasteiger partial charge in [0.1, 0.15) is 0 Å². The summed E-state index contributed by atoms with van der Waals surface area (Å²) >= 11 is 0.